The van der Waals surface area contributed by atoms with E-state index < -0.39 is 0 Å². The molecule has 1 aromatic carbocycles. The highest BCUT2D eigenvalue weighted by Crippen LogP contribution is 2.21. The normalized spacial score (nSPS) is 12.6. The Morgan fingerprint density at radius 3 is 2.79 bits per heavy atom. The average molecular weight is 288 g/mol. The predicted octanol–water partition coefficient (Wildman–Crippen LogP) is 3.82. The summed E-state index contributed by atoms with van der Waals surface area (Å²) in [6, 6.07) is 5.08. The number of rotatable bonds is 9. The third-order valence-electron chi connectivity index (χ3n) is 3.05. The maximum absolute atomic E-state index is 13.8. The van der Waals surface area contributed by atoms with E-state index in [1.165, 1.54) is 6.07 Å². The van der Waals surface area contributed by atoms with Crippen LogP contribution in [0.4, 0.5) is 4.39 Å². The fraction of sp³-hybridized carbons (Fsp3) is 0.600. The van der Waals surface area contributed by atoms with Crippen LogP contribution in [0.2, 0.25) is 5.02 Å². The van der Waals surface area contributed by atoms with E-state index in [2.05, 4.69) is 12.2 Å². The van der Waals surface area contributed by atoms with Crippen LogP contribution < -0.4 is 5.32 Å². The fourth-order valence-corrected chi connectivity index (χ4v) is 2.36. The highest BCUT2D eigenvalue weighted by molar-refractivity contribution is 6.31. The summed E-state index contributed by atoms with van der Waals surface area (Å²) < 4.78 is 19.1. The number of hydrogen-bond donors (Lipinski definition) is 1. The first-order valence-electron chi connectivity index (χ1n) is 6.93. The van der Waals surface area contributed by atoms with Gasteiger partial charge in [-0.2, -0.15) is 0 Å². The standard InChI is InChI=1S/C15H23ClFNO/c1-3-18-12(7-6-10-19-4-2)11-13-14(16)8-5-9-15(13)17/h5,8-9,12,18H,3-4,6-7,10-11H2,1-2H3. The summed E-state index contributed by atoms with van der Waals surface area (Å²) in [4.78, 5) is 0. The molecule has 4 heteroatoms. The molecule has 0 bridgehead atoms. The zero-order valence-corrected chi connectivity index (χ0v) is 12.5. The summed E-state index contributed by atoms with van der Waals surface area (Å²) in [7, 11) is 0. The van der Waals surface area contributed by atoms with Crippen molar-refractivity contribution >= 4 is 11.6 Å². The molecule has 108 valence electrons. The first kappa shape index (κ1) is 16.4. The lowest BCUT2D eigenvalue weighted by molar-refractivity contribution is 0.140. The summed E-state index contributed by atoms with van der Waals surface area (Å²) in [6.07, 6.45) is 2.54. The van der Waals surface area contributed by atoms with Crippen molar-refractivity contribution in [1.29, 1.82) is 0 Å². The molecule has 1 atom stereocenters. The molecule has 1 unspecified atom stereocenters. The smallest absolute Gasteiger partial charge is 0.127 e. The zero-order chi connectivity index (χ0) is 14.1. The van der Waals surface area contributed by atoms with Crippen molar-refractivity contribution < 1.29 is 9.13 Å². The minimum absolute atomic E-state index is 0.222. The molecule has 19 heavy (non-hydrogen) atoms. The Bertz CT molecular complexity index is 353. The molecule has 1 aromatic rings. The second kappa shape index (κ2) is 9.29. The van der Waals surface area contributed by atoms with Crippen molar-refractivity contribution in [3.05, 3.63) is 34.6 Å². The Hall–Kier alpha value is -0.640. The van der Waals surface area contributed by atoms with E-state index in [-0.39, 0.29) is 11.9 Å². The van der Waals surface area contributed by atoms with E-state index in [0.29, 0.717) is 17.0 Å². The van der Waals surface area contributed by atoms with Crippen molar-refractivity contribution in [2.45, 2.75) is 39.2 Å². The Morgan fingerprint density at radius 2 is 2.16 bits per heavy atom. The van der Waals surface area contributed by atoms with Crippen molar-refractivity contribution in [2.75, 3.05) is 19.8 Å². The van der Waals surface area contributed by atoms with E-state index in [4.69, 9.17) is 16.3 Å². The molecule has 0 aliphatic heterocycles. The van der Waals surface area contributed by atoms with E-state index in [1.807, 2.05) is 6.92 Å². The Morgan fingerprint density at radius 1 is 1.37 bits per heavy atom. The number of hydrogen-bond acceptors (Lipinski definition) is 2. The van der Waals surface area contributed by atoms with Crippen LogP contribution in [-0.2, 0) is 11.2 Å². The van der Waals surface area contributed by atoms with Gasteiger partial charge in [0.2, 0.25) is 0 Å². The molecule has 1 N–H and O–H groups in total. The Labute approximate surface area is 120 Å². The molecule has 0 aliphatic carbocycles. The third-order valence-corrected chi connectivity index (χ3v) is 3.40. The van der Waals surface area contributed by atoms with E-state index in [9.17, 15) is 4.39 Å². The number of ether oxygens (including phenoxy) is 1. The first-order chi connectivity index (χ1) is 9.19. The van der Waals surface area contributed by atoms with Crippen molar-refractivity contribution in [2.24, 2.45) is 0 Å². The number of benzene rings is 1. The van der Waals surface area contributed by atoms with Gasteiger partial charge in [-0.15, -0.1) is 0 Å². The SMILES string of the molecule is CCNC(CCCOCC)Cc1c(F)cccc1Cl. The Balaban J connectivity index is 2.57. The van der Waals surface area contributed by atoms with Crippen molar-refractivity contribution in [1.82, 2.24) is 5.32 Å². The largest absolute Gasteiger partial charge is 0.382 e. The van der Waals surface area contributed by atoms with Gasteiger partial charge in [-0.3, -0.25) is 0 Å². The molecule has 2 nitrogen and oxygen atoms in total. The van der Waals surface area contributed by atoms with E-state index in [1.54, 1.807) is 12.1 Å². The second-order valence-corrected chi connectivity index (χ2v) is 4.91. The lowest BCUT2D eigenvalue weighted by Gasteiger charge is -2.19. The first-order valence-corrected chi connectivity index (χ1v) is 7.30. The van der Waals surface area contributed by atoms with Gasteiger partial charge < -0.3 is 10.1 Å². The predicted molar refractivity (Wildman–Crippen MR) is 78.3 cm³/mol. The molecule has 0 amide bonds. The van der Waals surface area contributed by atoms with Crippen LogP contribution in [0.25, 0.3) is 0 Å². The maximum Gasteiger partial charge on any atom is 0.127 e. The lowest BCUT2D eigenvalue weighted by Crippen LogP contribution is -2.31. The molecule has 0 saturated heterocycles. The maximum atomic E-state index is 13.8. The molecular weight excluding hydrogens is 265 g/mol. The minimum atomic E-state index is -0.222. The quantitative estimate of drug-likeness (QED) is 0.697. The average Bonchev–Trinajstić information content (AvgIpc) is 2.39. The van der Waals surface area contributed by atoms with Gasteiger partial charge in [0.1, 0.15) is 5.82 Å². The topological polar surface area (TPSA) is 21.3 Å². The fourth-order valence-electron chi connectivity index (χ4n) is 2.11. The van der Waals surface area contributed by atoms with Crippen LogP contribution >= 0.6 is 11.6 Å². The van der Waals surface area contributed by atoms with Crippen LogP contribution in [0, 0.1) is 5.82 Å². The van der Waals surface area contributed by atoms with Gasteiger partial charge in [0.25, 0.3) is 0 Å². The van der Waals surface area contributed by atoms with E-state index >= 15 is 0 Å². The van der Waals surface area contributed by atoms with Gasteiger partial charge >= 0.3 is 0 Å². The van der Waals surface area contributed by atoms with Gasteiger partial charge in [0.05, 0.1) is 0 Å². The molecule has 1 rings (SSSR count). The monoisotopic (exact) mass is 287 g/mol. The summed E-state index contributed by atoms with van der Waals surface area (Å²) in [6.45, 7) is 6.40. The van der Waals surface area contributed by atoms with Gasteiger partial charge in [0.15, 0.2) is 0 Å². The van der Waals surface area contributed by atoms with Crippen molar-refractivity contribution in [3.63, 3.8) is 0 Å². The summed E-state index contributed by atoms with van der Waals surface area (Å²) >= 11 is 6.07. The number of halogens is 2. The molecule has 0 saturated carbocycles. The molecule has 0 spiro atoms. The summed E-state index contributed by atoms with van der Waals surface area (Å²) in [5, 5.41) is 3.89. The van der Waals surface area contributed by atoms with E-state index in [0.717, 1.165) is 32.6 Å². The molecule has 0 aromatic heterocycles. The third kappa shape index (κ3) is 5.89. The molecule has 0 fully saturated rings. The van der Waals surface area contributed by atoms with Crippen LogP contribution in [0.3, 0.4) is 0 Å². The molecule has 0 heterocycles. The van der Waals surface area contributed by atoms with Crippen LogP contribution in [-0.4, -0.2) is 25.8 Å². The second-order valence-electron chi connectivity index (χ2n) is 4.50. The van der Waals surface area contributed by atoms with Gasteiger partial charge in [-0.25, -0.2) is 4.39 Å². The summed E-state index contributed by atoms with van der Waals surface area (Å²) in [5.74, 6) is -0.222. The molecular formula is C15H23ClFNO. The highest BCUT2D eigenvalue weighted by atomic mass is 35.5. The highest BCUT2D eigenvalue weighted by Gasteiger charge is 2.14. The van der Waals surface area contributed by atoms with Gasteiger partial charge in [-0.05, 0) is 44.9 Å². The Kier molecular flexibility index (Phi) is 8.03. The van der Waals surface area contributed by atoms with Crippen molar-refractivity contribution in [3.8, 4) is 0 Å². The van der Waals surface area contributed by atoms with Crippen LogP contribution in [0.5, 0.6) is 0 Å². The molecule has 0 radical (unpaired) electrons. The van der Waals surface area contributed by atoms with Gasteiger partial charge in [0, 0.05) is 29.8 Å². The number of likely N-dealkylation sites (N-methyl/N-ethyl adjacent to an activating group) is 1. The van der Waals surface area contributed by atoms with Crippen LogP contribution in [0.1, 0.15) is 32.3 Å². The van der Waals surface area contributed by atoms with Crippen LogP contribution in [0.15, 0.2) is 18.2 Å². The minimum Gasteiger partial charge on any atom is -0.382 e. The lowest BCUT2D eigenvalue weighted by atomic mass is 10.0. The van der Waals surface area contributed by atoms with Gasteiger partial charge in [-0.1, -0.05) is 24.6 Å². The summed E-state index contributed by atoms with van der Waals surface area (Å²) in [5.41, 5.74) is 0.603. The molecule has 0 aliphatic rings. The number of nitrogens with one attached hydrogen (secondary N) is 1. The zero-order valence-electron chi connectivity index (χ0n) is 11.7.